The van der Waals surface area contributed by atoms with E-state index in [4.69, 9.17) is 14.3 Å². The molecule has 2 rings (SSSR count). The van der Waals surface area contributed by atoms with Crippen molar-refractivity contribution in [2.75, 3.05) is 13.2 Å². The van der Waals surface area contributed by atoms with Gasteiger partial charge in [-0.25, -0.2) is 4.98 Å². The van der Waals surface area contributed by atoms with Gasteiger partial charge in [-0.15, -0.1) is 0 Å². The van der Waals surface area contributed by atoms with Crippen molar-refractivity contribution < 1.29 is 19.1 Å². The third kappa shape index (κ3) is 2.85. The highest BCUT2D eigenvalue weighted by molar-refractivity contribution is 5.66. The van der Waals surface area contributed by atoms with Gasteiger partial charge in [0.05, 0.1) is 12.6 Å². The lowest BCUT2D eigenvalue weighted by atomic mass is 9.82. The molecule has 0 aliphatic carbocycles. The average molecular weight is 239 g/mol. The van der Waals surface area contributed by atoms with Gasteiger partial charge in [0.1, 0.15) is 5.76 Å². The molecule has 0 atom stereocenters. The van der Waals surface area contributed by atoms with E-state index >= 15 is 0 Å². The number of ether oxygens (including phenoxy) is 1. The average Bonchev–Trinajstić information content (AvgIpc) is 2.76. The quantitative estimate of drug-likeness (QED) is 0.866. The molecule has 2 heterocycles. The van der Waals surface area contributed by atoms with Crippen molar-refractivity contribution in [1.82, 2.24) is 4.98 Å². The van der Waals surface area contributed by atoms with Gasteiger partial charge in [0.2, 0.25) is 0 Å². The number of rotatable bonds is 4. The number of carboxylic acid groups (broad SMARTS) is 1. The summed E-state index contributed by atoms with van der Waals surface area (Å²) in [6.45, 7) is 3.56. The Hall–Kier alpha value is -1.36. The van der Waals surface area contributed by atoms with E-state index in [1.807, 2.05) is 0 Å². The molecule has 1 aliphatic rings. The number of hydrogen-bond acceptors (Lipinski definition) is 4. The van der Waals surface area contributed by atoms with Crippen LogP contribution in [0.3, 0.4) is 0 Å². The molecule has 1 fully saturated rings. The maximum absolute atomic E-state index is 10.5. The molecule has 1 aromatic heterocycles. The van der Waals surface area contributed by atoms with Crippen LogP contribution in [0.1, 0.15) is 37.8 Å². The summed E-state index contributed by atoms with van der Waals surface area (Å²) >= 11 is 0. The van der Waals surface area contributed by atoms with E-state index in [1.165, 1.54) is 0 Å². The largest absolute Gasteiger partial charge is 0.481 e. The summed E-state index contributed by atoms with van der Waals surface area (Å²) in [7, 11) is 0. The summed E-state index contributed by atoms with van der Waals surface area (Å²) in [4.78, 5) is 14.7. The van der Waals surface area contributed by atoms with E-state index < -0.39 is 5.97 Å². The zero-order valence-corrected chi connectivity index (χ0v) is 9.94. The Kier molecular flexibility index (Phi) is 3.47. The number of nitrogens with zero attached hydrogens (tertiary/aromatic N) is 1. The second-order valence-electron chi connectivity index (χ2n) is 4.70. The lowest BCUT2D eigenvalue weighted by Crippen LogP contribution is -2.30. The third-order valence-corrected chi connectivity index (χ3v) is 3.25. The number of aliphatic carboxylic acids is 1. The van der Waals surface area contributed by atoms with Crippen LogP contribution in [0.15, 0.2) is 10.6 Å². The van der Waals surface area contributed by atoms with Crippen LogP contribution in [0, 0.1) is 0 Å². The van der Waals surface area contributed by atoms with Crippen molar-refractivity contribution in [1.29, 1.82) is 0 Å². The molecule has 17 heavy (non-hydrogen) atoms. The van der Waals surface area contributed by atoms with Gasteiger partial charge < -0.3 is 14.3 Å². The number of hydrogen-bond donors (Lipinski definition) is 1. The highest BCUT2D eigenvalue weighted by atomic mass is 16.5. The zero-order chi connectivity index (χ0) is 12.3. The van der Waals surface area contributed by atoms with Crippen molar-refractivity contribution in [3.63, 3.8) is 0 Å². The summed E-state index contributed by atoms with van der Waals surface area (Å²) in [6, 6.07) is 0. The lowest BCUT2D eigenvalue weighted by molar-refractivity contribution is -0.137. The number of carbonyl (C=O) groups is 1. The van der Waals surface area contributed by atoms with Crippen LogP contribution in [0.5, 0.6) is 0 Å². The molecule has 0 saturated carbocycles. The van der Waals surface area contributed by atoms with Gasteiger partial charge in [-0.2, -0.15) is 0 Å². The molecule has 1 N–H and O–H groups in total. The zero-order valence-electron chi connectivity index (χ0n) is 9.94. The predicted octanol–water partition coefficient (Wildman–Crippen LogP) is 1.76. The number of oxazole rings is 1. The van der Waals surface area contributed by atoms with E-state index in [1.54, 1.807) is 6.20 Å². The molecule has 5 nitrogen and oxygen atoms in total. The van der Waals surface area contributed by atoms with E-state index in [2.05, 4.69) is 11.9 Å². The van der Waals surface area contributed by atoms with Gasteiger partial charge in [0.15, 0.2) is 5.89 Å². The van der Waals surface area contributed by atoms with Gasteiger partial charge in [0.25, 0.3) is 0 Å². The fourth-order valence-electron chi connectivity index (χ4n) is 1.97. The van der Waals surface area contributed by atoms with Crippen molar-refractivity contribution in [2.45, 2.75) is 38.0 Å². The molecule has 1 saturated heterocycles. The van der Waals surface area contributed by atoms with Crippen molar-refractivity contribution in [3.05, 3.63) is 17.8 Å². The second kappa shape index (κ2) is 4.87. The van der Waals surface area contributed by atoms with E-state index in [-0.39, 0.29) is 11.8 Å². The van der Waals surface area contributed by atoms with Gasteiger partial charge in [-0.3, -0.25) is 4.79 Å². The standard InChI is InChI=1S/C12H17NO4/c1-12(4-6-16-7-5-12)11-13-8-9(17-11)2-3-10(14)15/h8H,2-7H2,1H3,(H,14,15). The van der Waals surface area contributed by atoms with Crippen molar-refractivity contribution in [2.24, 2.45) is 0 Å². The minimum Gasteiger partial charge on any atom is -0.481 e. The molecule has 0 unspecified atom stereocenters. The fraction of sp³-hybridized carbons (Fsp3) is 0.667. The van der Waals surface area contributed by atoms with Crippen molar-refractivity contribution >= 4 is 5.97 Å². The Labute approximate surface area is 99.8 Å². The van der Waals surface area contributed by atoms with E-state index in [9.17, 15) is 4.79 Å². The van der Waals surface area contributed by atoms with Crippen LogP contribution in [-0.2, 0) is 21.4 Å². The SMILES string of the molecule is CC1(c2ncc(CCC(=O)O)o2)CCOCC1. The van der Waals surface area contributed by atoms with Gasteiger partial charge in [0, 0.05) is 25.0 Å². The first kappa shape index (κ1) is 12.1. The Balaban J connectivity index is 2.03. The minimum atomic E-state index is -0.819. The molecule has 5 heteroatoms. The minimum absolute atomic E-state index is 0.0697. The normalized spacial score (nSPS) is 19.1. The molecular weight excluding hydrogens is 222 g/mol. The number of carboxylic acids is 1. The summed E-state index contributed by atoms with van der Waals surface area (Å²) in [5, 5.41) is 8.60. The Morgan fingerprint density at radius 3 is 2.88 bits per heavy atom. The molecule has 94 valence electrons. The molecule has 0 radical (unpaired) electrons. The number of aryl methyl sites for hydroxylation is 1. The van der Waals surface area contributed by atoms with Crippen LogP contribution >= 0.6 is 0 Å². The monoisotopic (exact) mass is 239 g/mol. The van der Waals surface area contributed by atoms with Crippen LogP contribution in [0.2, 0.25) is 0 Å². The third-order valence-electron chi connectivity index (χ3n) is 3.25. The molecule has 0 aromatic carbocycles. The van der Waals surface area contributed by atoms with Crippen LogP contribution < -0.4 is 0 Å². The number of aromatic nitrogens is 1. The van der Waals surface area contributed by atoms with Crippen LogP contribution in [0.4, 0.5) is 0 Å². The first-order chi connectivity index (χ1) is 8.10. The molecule has 0 bridgehead atoms. The van der Waals surface area contributed by atoms with Crippen LogP contribution in [-0.4, -0.2) is 29.3 Å². The summed E-state index contributed by atoms with van der Waals surface area (Å²) in [5.74, 6) is 0.538. The highest BCUT2D eigenvalue weighted by Gasteiger charge is 2.33. The lowest BCUT2D eigenvalue weighted by Gasteiger charge is -2.30. The summed E-state index contributed by atoms with van der Waals surface area (Å²) in [6.07, 6.45) is 3.90. The van der Waals surface area contributed by atoms with Gasteiger partial charge in [-0.1, -0.05) is 6.92 Å². The fourth-order valence-corrected chi connectivity index (χ4v) is 1.97. The maximum atomic E-state index is 10.5. The Morgan fingerprint density at radius 2 is 2.24 bits per heavy atom. The van der Waals surface area contributed by atoms with Gasteiger partial charge >= 0.3 is 5.97 Å². The van der Waals surface area contributed by atoms with E-state index in [0.29, 0.717) is 18.1 Å². The summed E-state index contributed by atoms with van der Waals surface area (Å²) < 4.78 is 11.0. The van der Waals surface area contributed by atoms with Crippen molar-refractivity contribution in [3.8, 4) is 0 Å². The predicted molar refractivity (Wildman–Crippen MR) is 59.9 cm³/mol. The first-order valence-corrected chi connectivity index (χ1v) is 5.85. The highest BCUT2D eigenvalue weighted by Crippen LogP contribution is 2.33. The maximum Gasteiger partial charge on any atom is 0.303 e. The Morgan fingerprint density at radius 1 is 1.53 bits per heavy atom. The molecular formula is C12H17NO4. The van der Waals surface area contributed by atoms with Crippen LogP contribution in [0.25, 0.3) is 0 Å². The topological polar surface area (TPSA) is 72.6 Å². The summed E-state index contributed by atoms with van der Waals surface area (Å²) in [5.41, 5.74) is -0.0697. The smallest absolute Gasteiger partial charge is 0.303 e. The molecule has 0 amide bonds. The first-order valence-electron chi connectivity index (χ1n) is 5.85. The van der Waals surface area contributed by atoms with Gasteiger partial charge in [-0.05, 0) is 12.8 Å². The molecule has 1 aromatic rings. The van der Waals surface area contributed by atoms with E-state index in [0.717, 1.165) is 26.1 Å². The molecule has 0 spiro atoms. The Bertz CT molecular complexity index is 393. The molecule has 1 aliphatic heterocycles. The second-order valence-corrected chi connectivity index (χ2v) is 4.70.